The minimum absolute atomic E-state index is 0.0375. The lowest BCUT2D eigenvalue weighted by molar-refractivity contribution is -0.173. The molecular formula is C24H35NO3. The van der Waals surface area contributed by atoms with Crippen molar-refractivity contribution in [3.8, 4) is 0 Å². The molecule has 0 aliphatic carbocycles. The number of hydrogen-bond donors (Lipinski definition) is 1. The zero-order valence-corrected chi connectivity index (χ0v) is 17.9. The van der Waals surface area contributed by atoms with Crippen LogP contribution in [0.25, 0.3) is 10.8 Å². The van der Waals surface area contributed by atoms with E-state index in [1.165, 1.54) is 10.8 Å². The summed E-state index contributed by atoms with van der Waals surface area (Å²) >= 11 is 0. The van der Waals surface area contributed by atoms with Gasteiger partial charge in [-0.15, -0.1) is 0 Å². The van der Waals surface area contributed by atoms with E-state index in [0.717, 1.165) is 12.0 Å². The summed E-state index contributed by atoms with van der Waals surface area (Å²) in [6.07, 6.45) is 0.953. The van der Waals surface area contributed by atoms with E-state index >= 15 is 0 Å². The molecule has 0 spiro atoms. The van der Waals surface area contributed by atoms with Crippen LogP contribution in [0.1, 0.15) is 59.1 Å². The molecule has 0 bridgehead atoms. The van der Waals surface area contributed by atoms with E-state index in [1.54, 1.807) is 0 Å². The second kappa shape index (κ2) is 11.2. The molecule has 0 aromatic heterocycles. The van der Waals surface area contributed by atoms with E-state index in [0.29, 0.717) is 25.6 Å². The van der Waals surface area contributed by atoms with Crippen LogP contribution in [0, 0.1) is 11.8 Å². The maximum Gasteiger partial charge on any atom is 0.220 e. The highest BCUT2D eigenvalue weighted by Crippen LogP contribution is 2.26. The molecule has 0 saturated carbocycles. The lowest BCUT2D eigenvalue weighted by atomic mass is 9.92. The minimum atomic E-state index is -0.337. The minimum Gasteiger partial charge on any atom is -0.353 e. The first-order valence-corrected chi connectivity index (χ1v) is 10.5. The summed E-state index contributed by atoms with van der Waals surface area (Å²) in [5.74, 6) is 0.548. The van der Waals surface area contributed by atoms with Gasteiger partial charge in [0.05, 0.1) is 6.04 Å². The molecule has 2 aromatic carbocycles. The van der Waals surface area contributed by atoms with Crippen LogP contribution in [0.5, 0.6) is 0 Å². The quantitative estimate of drug-likeness (QED) is 0.522. The molecule has 0 aliphatic rings. The van der Waals surface area contributed by atoms with Crippen molar-refractivity contribution < 1.29 is 14.3 Å². The van der Waals surface area contributed by atoms with Crippen molar-refractivity contribution >= 4 is 16.7 Å². The average molecular weight is 386 g/mol. The number of carbonyl (C=O) groups excluding carboxylic acids is 1. The fourth-order valence-electron chi connectivity index (χ4n) is 3.79. The molecule has 0 radical (unpaired) electrons. The molecule has 0 aliphatic heterocycles. The highest BCUT2D eigenvalue weighted by molar-refractivity contribution is 5.86. The van der Waals surface area contributed by atoms with Gasteiger partial charge in [-0.05, 0) is 49.4 Å². The number of benzene rings is 2. The second-order valence-corrected chi connectivity index (χ2v) is 7.73. The first-order valence-electron chi connectivity index (χ1n) is 10.5. The Kier molecular flexibility index (Phi) is 8.94. The van der Waals surface area contributed by atoms with Crippen LogP contribution in [-0.4, -0.2) is 25.4 Å². The van der Waals surface area contributed by atoms with Crippen molar-refractivity contribution in [2.45, 2.75) is 59.8 Å². The Bertz CT molecular complexity index is 732. The Balaban J connectivity index is 2.10. The molecular weight excluding hydrogens is 350 g/mol. The lowest BCUT2D eigenvalue weighted by Crippen LogP contribution is -2.35. The van der Waals surface area contributed by atoms with Crippen LogP contribution in [0.15, 0.2) is 42.5 Å². The normalized spacial score (nSPS) is 13.8. The van der Waals surface area contributed by atoms with E-state index in [1.807, 2.05) is 39.0 Å². The van der Waals surface area contributed by atoms with Crippen LogP contribution in [0.3, 0.4) is 0 Å². The van der Waals surface area contributed by atoms with Crippen LogP contribution < -0.4 is 5.32 Å². The fourth-order valence-corrected chi connectivity index (χ4v) is 3.79. The first kappa shape index (κ1) is 22.4. The third kappa shape index (κ3) is 6.32. The number of fused-ring (bicyclic) bond motifs is 1. The lowest BCUT2D eigenvalue weighted by Gasteiger charge is -2.28. The number of rotatable bonds is 11. The highest BCUT2D eigenvalue weighted by Gasteiger charge is 2.26. The van der Waals surface area contributed by atoms with Crippen molar-refractivity contribution in [2.24, 2.45) is 11.8 Å². The molecule has 0 fully saturated rings. The van der Waals surface area contributed by atoms with Crippen molar-refractivity contribution in [1.29, 1.82) is 0 Å². The summed E-state index contributed by atoms with van der Waals surface area (Å²) in [6.45, 7) is 11.4. The molecule has 0 heterocycles. The summed E-state index contributed by atoms with van der Waals surface area (Å²) in [7, 11) is 0. The summed E-state index contributed by atoms with van der Waals surface area (Å²) in [5, 5.41) is 5.55. The number of nitrogens with one attached hydrogen (secondary N) is 1. The Hall–Kier alpha value is -1.91. The predicted molar refractivity (Wildman–Crippen MR) is 115 cm³/mol. The standard InChI is InChI=1S/C24H35NO3/c1-6-27-24(28-7-2)20(15-17(3)4)16-23(26)25-18(5)21-14-10-12-19-11-8-9-13-22(19)21/h8-14,17-18,20,24H,6-7,15-16H2,1-5H3,(H,25,26)/t18-,20?/m0/s1. The predicted octanol–water partition coefficient (Wildman–Crippen LogP) is 5.47. The number of ether oxygens (including phenoxy) is 2. The van der Waals surface area contributed by atoms with Gasteiger partial charge in [0.25, 0.3) is 0 Å². The molecule has 2 rings (SSSR count). The van der Waals surface area contributed by atoms with E-state index in [-0.39, 0.29) is 24.2 Å². The van der Waals surface area contributed by atoms with Crippen molar-refractivity contribution in [3.63, 3.8) is 0 Å². The molecule has 4 heteroatoms. The molecule has 0 saturated heterocycles. The van der Waals surface area contributed by atoms with Gasteiger partial charge in [-0.2, -0.15) is 0 Å². The van der Waals surface area contributed by atoms with Crippen molar-refractivity contribution in [3.05, 3.63) is 48.0 Å². The molecule has 1 N–H and O–H groups in total. The van der Waals surface area contributed by atoms with Gasteiger partial charge < -0.3 is 14.8 Å². The summed E-state index contributed by atoms with van der Waals surface area (Å²) in [4.78, 5) is 12.8. The van der Waals surface area contributed by atoms with Crippen LogP contribution >= 0.6 is 0 Å². The van der Waals surface area contributed by atoms with Crippen molar-refractivity contribution in [1.82, 2.24) is 5.32 Å². The third-order valence-corrected chi connectivity index (χ3v) is 4.94. The maximum atomic E-state index is 12.8. The summed E-state index contributed by atoms with van der Waals surface area (Å²) in [6, 6.07) is 14.4. The first-order chi connectivity index (χ1) is 13.5. The van der Waals surface area contributed by atoms with Gasteiger partial charge in [0.2, 0.25) is 5.91 Å². The highest BCUT2D eigenvalue weighted by atomic mass is 16.7. The zero-order valence-electron chi connectivity index (χ0n) is 17.9. The Labute approximate surface area is 169 Å². The Morgan fingerprint density at radius 1 is 0.964 bits per heavy atom. The van der Waals surface area contributed by atoms with Crippen LogP contribution in [-0.2, 0) is 14.3 Å². The summed E-state index contributed by atoms with van der Waals surface area (Å²) < 4.78 is 11.6. The largest absolute Gasteiger partial charge is 0.353 e. The van der Waals surface area contributed by atoms with Crippen molar-refractivity contribution in [2.75, 3.05) is 13.2 Å². The third-order valence-electron chi connectivity index (χ3n) is 4.94. The molecule has 1 amide bonds. The van der Waals surface area contributed by atoms with Gasteiger partial charge in [0.15, 0.2) is 6.29 Å². The van der Waals surface area contributed by atoms with E-state index in [9.17, 15) is 4.79 Å². The smallest absolute Gasteiger partial charge is 0.220 e. The van der Waals surface area contributed by atoms with Gasteiger partial charge in [0, 0.05) is 25.6 Å². The van der Waals surface area contributed by atoms with Crippen LogP contribution in [0.4, 0.5) is 0 Å². The fraction of sp³-hybridized carbons (Fsp3) is 0.542. The molecule has 1 unspecified atom stereocenters. The van der Waals surface area contributed by atoms with Crippen LogP contribution in [0.2, 0.25) is 0 Å². The van der Waals surface area contributed by atoms with Gasteiger partial charge in [-0.1, -0.05) is 56.3 Å². The van der Waals surface area contributed by atoms with Gasteiger partial charge in [-0.25, -0.2) is 0 Å². The van der Waals surface area contributed by atoms with Gasteiger partial charge >= 0.3 is 0 Å². The molecule has 2 atom stereocenters. The van der Waals surface area contributed by atoms with E-state index in [4.69, 9.17) is 9.47 Å². The molecule has 154 valence electrons. The average Bonchev–Trinajstić information content (AvgIpc) is 2.66. The number of amides is 1. The second-order valence-electron chi connectivity index (χ2n) is 7.73. The Morgan fingerprint density at radius 3 is 2.25 bits per heavy atom. The SMILES string of the molecule is CCOC(OCC)C(CC(=O)N[C@@H](C)c1cccc2ccccc12)CC(C)C. The van der Waals surface area contributed by atoms with Gasteiger partial charge in [-0.3, -0.25) is 4.79 Å². The molecule has 4 nitrogen and oxygen atoms in total. The monoisotopic (exact) mass is 385 g/mol. The van der Waals surface area contributed by atoms with E-state index < -0.39 is 0 Å². The molecule has 28 heavy (non-hydrogen) atoms. The Morgan fingerprint density at radius 2 is 1.61 bits per heavy atom. The zero-order chi connectivity index (χ0) is 20.5. The summed E-state index contributed by atoms with van der Waals surface area (Å²) in [5.41, 5.74) is 1.14. The maximum absolute atomic E-state index is 12.8. The van der Waals surface area contributed by atoms with Gasteiger partial charge in [0.1, 0.15) is 0 Å². The topological polar surface area (TPSA) is 47.6 Å². The number of hydrogen-bond acceptors (Lipinski definition) is 3. The molecule has 2 aromatic rings. The van der Waals surface area contributed by atoms with E-state index in [2.05, 4.69) is 43.4 Å². The number of carbonyl (C=O) groups is 1.